The van der Waals surface area contributed by atoms with E-state index < -0.39 is 6.36 Å². The average Bonchev–Trinajstić information content (AvgIpc) is 2.88. The number of likely N-dealkylation sites (tertiary alicyclic amines) is 2. The van der Waals surface area contributed by atoms with Gasteiger partial charge in [-0.3, -0.25) is 9.59 Å². The van der Waals surface area contributed by atoms with Gasteiger partial charge in [-0.2, -0.15) is 0 Å². The fraction of sp³-hybridized carbons (Fsp3) is 0.500. The molecule has 0 spiro atoms. The van der Waals surface area contributed by atoms with Crippen LogP contribution in [0, 0.1) is 6.92 Å². The lowest BCUT2D eigenvalue weighted by molar-refractivity contribution is -0.274. The van der Waals surface area contributed by atoms with Crippen LogP contribution in [0.4, 0.5) is 13.2 Å². The molecule has 0 saturated carbocycles. The zero-order valence-electron chi connectivity index (χ0n) is 21.4. The predicted molar refractivity (Wildman–Crippen MR) is 134 cm³/mol. The highest BCUT2D eigenvalue weighted by atomic mass is 19.4. The number of halogens is 3. The number of aryl methyl sites for hydroxylation is 1. The van der Waals surface area contributed by atoms with Crippen LogP contribution < -0.4 is 9.47 Å². The normalized spacial score (nSPS) is 17.4. The first-order chi connectivity index (χ1) is 18.2. The number of nitrogens with zero attached hydrogens (tertiary/aromatic N) is 2. The van der Waals surface area contributed by atoms with Crippen molar-refractivity contribution in [3.8, 4) is 11.5 Å². The summed E-state index contributed by atoms with van der Waals surface area (Å²) >= 11 is 0. The maximum Gasteiger partial charge on any atom is 0.573 e. The molecule has 0 radical (unpaired) electrons. The Morgan fingerprint density at radius 3 is 2.08 bits per heavy atom. The molecule has 206 valence electrons. The molecule has 2 heterocycles. The van der Waals surface area contributed by atoms with Crippen LogP contribution in [0.2, 0.25) is 0 Å². The molecule has 2 aliphatic heterocycles. The fourth-order valence-electron chi connectivity index (χ4n) is 4.84. The summed E-state index contributed by atoms with van der Waals surface area (Å²) in [6.45, 7) is 4.28. The van der Waals surface area contributed by atoms with Crippen molar-refractivity contribution in [1.29, 1.82) is 0 Å². The van der Waals surface area contributed by atoms with E-state index in [0.29, 0.717) is 50.3 Å². The smallest absolute Gasteiger partial charge is 0.484 e. The first kappa shape index (κ1) is 27.8. The minimum Gasteiger partial charge on any atom is -0.484 e. The quantitative estimate of drug-likeness (QED) is 0.499. The molecule has 2 aliphatic rings. The molecule has 10 heteroatoms. The van der Waals surface area contributed by atoms with Gasteiger partial charge in [0.05, 0.1) is 18.6 Å². The van der Waals surface area contributed by atoms with Crippen molar-refractivity contribution in [3.63, 3.8) is 0 Å². The molecule has 2 aromatic rings. The van der Waals surface area contributed by atoms with Crippen LogP contribution in [0.3, 0.4) is 0 Å². The second-order valence-electron chi connectivity index (χ2n) is 9.72. The minimum absolute atomic E-state index is 0.0145. The molecule has 0 atom stereocenters. The summed E-state index contributed by atoms with van der Waals surface area (Å²) < 4.78 is 53.3. The lowest BCUT2D eigenvalue weighted by Crippen LogP contribution is -2.46. The number of ether oxygens (including phenoxy) is 3. The lowest BCUT2D eigenvalue weighted by Gasteiger charge is -2.37. The van der Waals surface area contributed by atoms with Crippen LogP contribution in [0.25, 0.3) is 0 Å². The van der Waals surface area contributed by atoms with Gasteiger partial charge in [0, 0.05) is 26.2 Å². The predicted octanol–water partition coefficient (Wildman–Crippen LogP) is 4.51. The molecule has 2 aromatic carbocycles. The Bertz CT molecular complexity index is 1090. The van der Waals surface area contributed by atoms with E-state index in [0.717, 1.165) is 18.4 Å². The highest BCUT2D eigenvalue weighted by Crippen LogP contribution is 2.25. The van der Waals surface area contributed by atoms with Crippen molar-refractivity contribution in [3.05, 3.63) is 59.7 Å². The number of hydrogen-bond donors (Lipinski definition) is 0. The van der Waals surface area contributed by atoms with Gasteiger partial charge in [-0.05, 0) is 61.9 Å². The van der Waals surface area contributed by atoms with E-state index in [4.69, 9.17) is 9.47 Å². The number of carbonyl (C=O) groups is 2. The Balaban J connectivity index is 1.15. The van der Waals surface area contributed by atoms with Gasteiger partial charge < -0.3 is 24.0 Å². The molecule has 4 rings (SSSR count). The Kier molecular flexibility index (Phi) is 9.14. The largest absolute Gasteiger partial charge is 0.573 e. The molecule has 0 aromatic heterocycles. The SMILES string of the molecule is Cc1ccccc1OCC(=O)N1CCC(OC2CCN(C(=O)Cc3cccc(OC(F)(F)F)c3)CC2)CC1. The molecule has 2 saturated heterocycles. The lowest BCUT2D eigenvalue weighted by atomic mass is 10.0. The molecule has 0 unspecified atom stereocenters. The molecule has 0 N–H and O–H groups in total. The highest BCUT2D eigenvalue weighted by Gasteiger charge is 2.32. The molecule has 38 heavy (non-hydrogen) atoms. The van der Waals surface area contributed by atoms with Crippen molar-refractivity contribution < 1.29 is 37.0 Å². The van der Waals surface area contributed by atoms with Gasteiger partial charge >= 0.3 is 6.36 Å². The Morgan fingerprint density at radius 1 is 0.868 bits per heavy atom. The van der Waals surface area contributed by atoms with Crippen LogP contribution in [0.15, 0.2) is 48.5 Å². The van der Waals surface area contributed by atoms with Crippen molar-refractivity contribution in [2.24, 2.45) is 0 Å². The third-order valence-electron chi connectivity index (χ3n) is 6.91. The van der Waals surface area contributed by atoms with Crippen LogP contribution in [0.1, 0.15) is 36.8 Å². The van der Waals surface area contributed by atoms with Crippen molar-refractivity contribution >= 4 is 11.8 Å². The minimum atomic E-state index is -4.77. The second kappa shape index (κ2) is 12.5. The highest BCUT2D eigenvalue weighted by molar-refractivity contribution is 5.79. The van der Waals surface area contributed by atoms with E-state index >= 15 is 0 Å². The van der Waals surface area contributed by atoms with Crippen molar-refractivity contribution in [2.45, 2.75) is 57.6 Å². The number of hydrogen-bond acceptors (Lipinski definition) is 5. The summed E-state index contributed by atoms with van der Waals surface area (Å²) in [5, 5.41) is 0. The standard InChI is InChI=1S/C28H33F3N2O5/c1-20-5-2-3-8-25(20)36-19-27(35)33-15-11-23(12-16-33)37-22-9-13-32(14-10-22)26(34)18-21-6-4-7-24(17-21)38-28(29,30)31/h2-8,17,22-23H,9-16,18-19H2,1H3. The van der Waals surface area contributed by atoms with Gasteiger partial charge in [0.1, 0.15) is 11.5 Å². The molecule has 2 amide bonds. The van der Waals surface area contributed by atoms with E-state index in [1.54, 1.807) is 11.0 Å². The third kappa shape index (κ3) is 8.11. The number of piperidine rings is 2. The van der Waals surface area contributed by atoms with Crippen LogP contribution >= 0.6 is 0 Å². The van der Waals surface area contributed by atoms with E-state index in [1.165, 1.54) is 18.2 Å². The Labute approximate surface area is 220 Å². The number of alkyl halides is 3. The number of amides is 2. The molecule has 2 fully saturated rings. The van der Waals surface area contributed by atoms with Gasteiger partial charge in [-0.25, -0.2) is 0 Å². The Morgan fingerprint density at radius 2 is 1.47 bits per heavy atom. The zero-order valence-corrected chi connectivity index (χ0v) is 21.4. The van der Waals surface area contributed by atoms with Gasteiger partial charge in [0.25, 0.3) is 5.91 Å². The van der Waals surface area contributed by atoms with Gasteiger partial charge in [0.15, 0.2) is 6.61 Å². The second-order valence-corrected chi connectivity index (χ2v) is 9.72. The Hall–Kier alpha value is -3.27. The number of rotatable bonds is 8. The van der Waals surface area contributed by atoms with Gasteiger partial charge in [0.2, 0.25) is 5.91 Å². The maximum absolute atomic E-state index is 12.7. The fourth-order valence-corrected chi connectivity index (χ4v) is 4.84. The van der Waals surface area contributed by atoms with E-state index in [1.807, 2.05) is 36.1 Å². The maximum atomic E-state index is 12.7. The average molecular weight is 535 g/mol. The van der Waals surface area contributed by atoms with E-state index in [2.05, 4.69) is 4.74 Å². The van der Waals surface area contributed by atoms with E-state index in [9.17, 15) is 22.8 Å². The van der Waals surface area contributed by atoms with Crippen molar-refractivity contribution in [1.82, 2.24) is 9.80 Å². The van der Waals surface area contributed by atoms with Gasteiger partial charge in [-0.1, -0.05) is 30.3 Å². The zero-order chi connectivity index (χ0) is 27.1. The monoisotopic (exact) mass is 534 g/mol. The van der Waals surface area contributed by atoms with Crippen molar-refractivity contribution in [2.75, 3.05) is 32.8 Å². The van der Waals surface area contributed by atoms with Crippen LogP contribution in [-0.4, -0.2) is 73.0 Å². The molecular formula is C28H33F3N2O5. The first-order valence-electron chi connectivity index (χ1n) is 12.9. The van der Waals surface area contributed by atoms with Crippen LogP contribution in [-0.2, 0) is 20.7 Å². The number of benzene rings is 2. The summed E-state index contributed by atoms with van der Waals surface area (Å²) in [5.41, 5.74) is 1.46. The molecular weight excluding hydrogens is 501 g/mol. The van der Waals surface area contributed by atoms with Crippen LogP contribution in [0.5, 0.6) is 11.5 Å². The molecule has 7 nitrogen and oxygen atoms in total. The summed E-state index contributed by atoms with van der Waals surface area (Å²) in [6, 6.07) is 13.1. The number of carbonyl (C=O) groups excluding carboxylic acids is 2. The number of para-hydroxylation sites is 1. The summed E-state index contributed by atoms with van der Waals surface area (Å²) in [7, 11) is 0. The summed E-state index contributed by atoms with van der Waals surface area (Å²) in [6.07, 6.45) is -1.73. The molecule has 0 bridgehead atoms. The summed E-state index contributed by atoms with van der Waals surface area (Å²) in [5.74, 6) is 0.218. The topological polar surface area (TPSA) is 68.3 Å². The van der Waals surface area contributed by atoms with E-state index in [-0.39, 0.29) is 42.8 Å². The van der Waals surface area contributed by atoms with Gasteiger partial charge in [-0.15, -0.1) is 13.2 Å². The first-order valence-corrected chi connectivity index (χ1v) is 12.9. The summed E-state index contributed by atoms with van der Waals surface area (Å²) in [4.78, 5) is 28.8. The third-order valence-corrected chi connectivity index (χ3v) is 6.91. The molecule has 0 aliphatic carbocycles.